The van der Waals surface area contributed by atoms with Crippen LogP contribution in [0.25, 0.3) is 11.4 Å². The molecule has 0 aromatic carbocycles. The van der Waals surface area contributed by atoms with E-state index < -0.39 is 0 Å². The quantitative estimate of drug-likeness (QED) is 0.621. The molecule has 120 valence electrons. The van der Waals surface area contributed by atoms with Crippen molar-refractivity contribution in [2.75, 3.05) is 12.4 Å². The van der Waals surface area contributed by atoms with Crippen molar-refractivity contribution in [1.29, 1.82) is 0 Å². The molecule has 1 amide bonds. The van der Waals surface area contributed by atoms with Crippen molar-refractivity contribution in [3.05, 3.63) is 18.1 Å². The summed E-state index contributed by atoms with van der Waals surface area (Å²) in [6, 6.07) is 1.79. The van der Waals surface area contributed by atoms with Crippen LogP contribution in [0, 0.1) is 12.8 Å². The minimum atomic E-state index is -0.302. The van der Waals surface area contributed by atoms with E-state index in [4.69, 9.17) is 10.3 Å². The first-order chi connectivity index (χ1) is 10.4. The molecule has 1 unspecified atom stereocenters. The minimum Gasteiger partial charge on any atom is -0.469 e. The van der Waals surface area contributed by atoms with E-state index in [2.05, 4.69) is 15.5 Å². The van der Waals surface area contributed by atoms with E-state index in [1.54, 1.807) is 12.3 Å². The first-order valence-corrected chi connectivity index (χ1v) is 7.97. The predicted octanol–water partition coefficient (Wildman–Crippen LogP) is 1.81. The van der Waals surface area contributed by atoms with Crippen LogP contribution in [0.15, 0.2) is 21.9 Å². The Bertz CT molecular complexity index is 649. The average Bonchev–Trinajstić information content (AvgIpc) is 3.03. The third-order valence-electron chi connectivity index (χ3n) is 3.10. The van der Waals surface area contributed by atoms with Crippen molar-refractivity contribution in [2.24, 2.45) is 5.92 Å². The largest absolute Gasteiger partial charge is 0.469 e. The van der Waals surface area contributed by atoms with Gasteiger partial charge in [0, 0.05) is 6.54 Å². The zero-order valence-corrected chi connectivity index (χ0v) is 14.0. The van der Waals surface area contributed by atoms with Gasteiger partial charge in [-0.25, -0.2) is 4.68 Å². The number of rotatable bonds is 6. The van der Waals surface area contributed by atoms with Gasteiger partial charge in [-0.3, -0.25) is 4.79 Å². The Morgan fingerprint density at radius 3 is 2.77 bits per heavy atom. The number of nitrogens with zero attached hydrogens (tertiary/aromatic N) is 3. The summed E-state index contributed by atoms with van der Waals surface area (Å²) in [6.45, 7) is 8.40. The van der Waals surface area contributed by atoms with Gasteiger partial charge in [0.2, 0.25) is 11.1 Å². The molecule has 7 nitrogen and oxygen atoms in total. The number of hydrogen-bond acceptors (Lipinski definition) is 6. The van der Waals surface area contributed by atoms with Gasteiger partial charge in [0.25, 0.3) is 0 Å². The van der Waals surface area contributed by atoms with Gasteiger partial charge in [-0.05, 0) is 25.8 Å². The predicted molar refractivity (Wildman–Crippen MR) is 85.8 cm³/mol. The van der Waals surface area contributed by atoms with Crippen LogP contribution >= 0.6 is 11.8 Å². The van der Waals surface area contributed by atoms with Crippen LogP contribution in [0.4, 0.5) is 0 Å². The van der Waals surface area contributed by atoms with Gasteiger partial charge in [0.1, 0.15) is 5.76 Å². The number of hydrogen-bond donors (Lipinski definition) is 2. The van der Waals surface area contributed by atoms with Gasteiger partial charge in [-0.1, -0.05) is 25.6 Å². The maximum absolute atomic E-state index is 12.0. The van der Waals surface area contributed by atoms with Crippen molar-refractivity contribution < 1.29 is 9.21 Å². The summed E-state index contributed by atoms with van der Waals surface area (Å²) in [5, 5.41) is 11.2. The fourth-order valence-electron chi connectivity index (χ4n) is 1.82. The molecule has 0 saturated heterocycles. The summed E-state index contributed by atoms with van der Waals surface area (Å²) in [6.07, 6.45) is 1.58. The van der Waals surface area contributed by atoms with Crippen LogP contribution in [0.3, 0.4) is 0 Å². The molecule has 8 heteroatoms. The number of carbonyl (C=O) groups excluding carboxylic acids is 1. The Kier molecular flexibility index (Phi) is 5.12. The Hall–Kier alpha value is -1.96. The van der Waals surface area contributed by atoms with Crippen molar-refractivity contribution >= 4 is 17.7 Å². The van der Waals surface area contributed by atoms with Crippen LogP contribution in [0.2, 0.25) is 0 Å². The molecule has 3 N–H and O–H groups in total. The van der Waals surface area contributed by atoms with Crippen LogP contribution in [0.1, 0.15) is 26.5 Å². The normalized spacial score (nSPS) is 12.6. The molecule has 2 aromatic heterocycles. The Morgan fingerprint density at radius 2 is 2.18 bits per heavy atom. The van der Waals surface area contributed by atoms with Crippen LogP contribution in [-0.2, 0) is 4.79 Å². The van der Waals surface area contributed by atoms with Crippen molar-refractivity contribution in [3.8, 4) is 11.4 Å². The molecule has 22 heavy (non-hydrogen) atoms. The summed E-state index contributed by atoms with van der Waals surface area (Å²) in [7, 11) is 0. The second kappa shape index (κ2) is 6.87. The number of nitrogens with one attached hydrogen (secondary N) is 1. The van der Waals surface area contributed by atoms with E-state index >= 15 is 0 Å². The van der Waals surface area contributed by atoms with Gasteiger partial charge in [0.05, 0.1) is 17.1 Å². The number of nitrogens with two attached hydrogens (primary N) is 1. The van der Waals surface area contributed by atoms with Crippen LogP contribution in [-0.4, -0.2) is 32.6 Å². The summed E-state index contributed by atoms with van der Waals surface area (Å²) in [4.78, 5) is 12.0. The molecule has 2 rings (SSSR count). The average molecular weight is 323 g/mol. The van der Waals surface area contributed by atoms with E-state index in [1.807, 2.05) is 27.7 Å². The second-order valence-electron chi connectivity index (χ2n) is 5.47. The number of carbonyl (C=O) groups is 1. The third kappa shape index (κ3) is 3.62. The van der Waals surface area contributed by atoms with Gasteiger partial charge < -0.3 is 15.6 Å². The molecule has 0 fully saturated rings. The fraction of sp³-hybridized carbons (Fsp3) is 0.500. The van der Waals surface area contributed by atoms with E-state index in [0.29, 0.717) is 23.4 Å². The van der Waals surface area contributed by atoms with Crippen LogP contribution in [0.5, 0.6) is 0 Å². The zero-order chi connectivity index (χ0) is 16.3. The lowest BCUT2D eigenvalue weighted by atomic mass is 10.2. The maximum atomic E-state index is 12.0. The summed E-state index contributed by atoms with van der Waals surface area (Å²) in [5.41, 5.74) is 0.791. The molecule has 0 saturated carbocycles. The van der Waals surface area contributed by atoms with Gasteiger partial charge >= 0.3 is 0 Å². The highest BCUT2D eigenvalue weighted by molar-refractivity contribution is 8.00. The molecule has 2 aromatic rings. The molecule has 0 aliphatic heterocycles. The molecular weight excluding hydrogens is 302 g/mol. The summed E-state index contributed by atoms with van der Waals surface area (Å²) < 4.78 is 6.63. The number of furan rings is 1. The highest BCUT2D eigenvalue weighted by atomic mass is 32.2. The standard InChI is InChI=1S/C14H21N5O2S/c1-8(2)7-16-13(20)10(4)22-14-18-17-12(19(14)15)11-5-6-21-9(11)3/h5-6,8,10H,7,15H2,1-4H3,(H,16,20). The van der Waals surface area contributed by atoms with Crippen molar-refractivity contribution in [1.82, 2.24) is 20.2 Å². The lowest BCUT2D eigenvalue weighted by Crippen LogP contribution is -2.33. The zero-order valence-electron chi connectivity index (χ0n) is 13.2. The summed E-state index contributed by atoms with van der Waals surface area (Å²) in [5.74, 6) is 7.64. The number of aryl methyl sites for hydroxylation is 1. The first-order valence-electron chi connectivity index (χ1n) is 7.09. The molecule has 0 radical (unpaired) electrons. The van der Waals surface area contributed by atoms with Gasteiger partial charge in [-0.2, -0.15) is 0 Å². The topological polar surface area (TPSA) is 99.0 Å². The molecule has 0 bridgehead atoms. The fourth-order valence-corrected chi connectivity index (χ4v) is 2.61. The monoisotopic (exact) mass is 323 g/mol. The summed E-state index contributed by atoms with van der Waals surface area (Å²) >= 11 is 1.28. The van der Waals surface area contributed by atoms with Gasteiger partial charge in [0.15, 0.2) is 5.82 Å². The molecule has 0 aliphatic carbocycles. The first kappa shape index (κ1) is 16.4. The van der Waals surface area contributed by atoms with E-state index in [9.17, 15) is 4.79 Å². The van der Waals surface area contributed by atoms with Gasteiger partial charge in [-0.15, -0.1) is 10.2 Å². The lowest BCUT2D eigenvalue weighted by Gasteiger charge is -2.12. The maximum Gasteiger partial charge on any atom is 0.233 e. The van der Waals surface area contributed by atoms with E-state index in [-0.39, 0.29) is 11.2 Å². The lowest BCUT2D eigenvalue weighted by molar-refractivity contribution is -0.120. The van der Waals surface area contributed by atoms with E-state index in [0.717, 1.165) is 11.3 Å². The smallest absolute Gasteiger partial charge is 0.233 e. The Morgan fingerprint density at radius 1 is 1.45 bits per heavy atom. The second-order valence-corrected chi connectivity index (χ2v) is 6.77. The highest BCUT2D eigenvalue weighted by Crippen LogP contribution is 2.26. The molecule has 0 aliphatic rings. The highest BCUT2D eigenvalue weighted by Gasteiger charge is 2.21. The van der Waals surface area contributed by atoms with Crippen molar-refractivity contribution in [3.63, 3.8) is 0 Å². The number of thioether (sulfide) groups is 1. The molecule has 1 atom stereocenters. The molecule has 2 heterocycles. The third-order valence-corrected chi connectivity index (χ3v) is 4.16. The minimum absolute atomic E-state index is 0.0391. The van der Waals surface area contributed by atoms with Crippen molar-refractivity contribution in [2.45, 2.75) is 38.1 Å². The number of nitrogen functional groups attached to an aromatic ring is 1. The Labute approximate surface area is 133 Å². The SMILES string of the molecule is Cc1occc1-c1nnc(SC(C)C(=O)NCC(C)C)n1N. The van der Waals surface area contributed by atoms with E-state index in [1.165, 1.54) is 16.4 Å². The number of aromatic nitrogens is 3. The molecular formula is C14H21N5O2S. The Balaban J connectivity index is 2.07. The molecule has 0 spiro atoms. The van der Waals surface area contributed by atoms with Crippen LogP contribution < -0.4 is 11.2 Å². The number of amides is 1.